The molecule has 0 saturated heterocycles. The number of nitrogens with zero attached hydrogens (tertiary/aromatic N) is 1. The molecule has 0 radical (unpaired) electrons. The molecule has 2 N–H and O–H groups in total. The van der Waals surface area contributed by atoms with Gasteiger partial charge < -0.3 is 9.71 Å². The van der Waals surface area contributed by atoms with Crippen LogP contribution in [0.3, 0.4) is 0 Å². The summed E-state index contributed by atoms with van der Waals surface area (Å²) in [6.45, 7) is 3.91. The lowest BCUT2D eigenvalue weighted by atomic mass is 9.99. The predicted octanol–water partition coefficient (Wildman–Crippen LogP) is 5.79. The molecule has 8 heteroatoms. The second kappa shape index (κ2) is 9.62. The van der Waals surface area contributed by atoms with Crippen molar-refractivity contribution in [1.82, 2.24) is 9.97 Å². The molecule has 0 bridgehead atoms. The molecule has 0 aliphatic heterocycles. The summed E-state index contributed by atoms with van der Waals surface area (Å²) in [7, 11) is -1.54. The Morgan fingerprint density at radius 2 is 1.85 bits per heavy atom. The third kappa shape index (κ3) is 4.57. The highest BCUT2D eigenvalue weighted by Crippen LogP contribution is 2.29. The summed E-state index contributed by atoms with van der Waals surface area (Å²) in [4.78, 5) is 20.5. The van der Waals surface area contributed by atoms with Crippen molar-refractivity contribution >= 4 is 33.5 Å². The van der Waals surface area contributed by atoms with Gasteiger partial charge in [0.1, 0.15) is 22.5 Å². The Kier molecular flexibility index (Phi) is 6.65. The molecule has 2 heterocycles. The zero-order valence-electron chi connectivity index (χ0n) is 18.2. The maximum atomic E-state index is 15.1. The molecule has 5 nitrogen and oxygen atoms in total. The minimum atomic E-state index is -1.54. The number of carbonyl (C=O) groups is 1. The van der Waals surface area contributed by atoms with Gasteiger partial charge in [0.05, 0.1) is 11.3 Å². The molecule has 170 valence electrons. The second-order valence-electron chi connectivity index (χ2n) is 7.64. The fraction of sp³-hybridized carbons (Fsp3) is 0.200. The van der Waals surface area contributed by atoms with E-state index in [2.05, 4.69) is 21.6 Å². The number of halogens is 2. The fourth-order valence-corrected chi connectivity index (χ4v) is 4.49. The minimum absolute atomic E-state index is 0.106. The van der Waals surface area contributed by atoms with Crippen molar-refractivity contribution in [3.05, 3.63) is 83.2 Å². The molecule has 4 aromatic rings. The third-order valence-electron chi connectivity index (χ3n) is 5.40. The van der Waals surface area contributed by atoms with Crippen LogP contribution in [-0.2, 0) is 17.4 Å². The zero-order chi connectivity index (χ0) is 23.5. The highest BCUT2D eigenvalue weighted by atomic mass is 32.2. The first-order valence-electron chi connectivity index (χ1n) is 10.7. The van der Waals surface area contributed by atoms with Gasteiger partial charge in [-0.1, -0.05) is 38.1 Å². The molecule has 0 spiro atoms. The molecule has 0 amide bonds. The van der Waals surface area contributed by atoms with E-state index in [9.17, 15) is 13.4 Å². The van der Waals surface area contributed by atoms with Crippen LogP contribution in [0.5, 0.6) is 0 Å². The van der Waals surface area contributed by atoms with E-state index in [1.165, 1.54) is 11.8 Å². The van der Waals surface area contributed by atoms with Crippen molar-refractivity contribution in [3.63, 3.8) is 0 Å². The number of fused-ring (bicyclic) bond motifs is 1. The van der Waals surface area contributed by atoms with Crippen molar-refractivity contribution in [2.45, 2.75) is 26.7 Å². The summed E-state index contributed by atoms with van der Waals surface area (Å²) in [6.07, 6.45) is 4.63. The molecule has 1 unspecified atom stereocenters. The van der Waals surface area contributed by atoms with Gasteiger partial charge in [-0.2, -0.15) is 0 Å². The summed E-state index contributed by atoms with van der Waals surface area (Å²) in [5, 5.41) is 0.462. The van der Waals surface area contributed by atoms with Crippen LogP contribution >= 0.6 is 0 Å². The monoisotopic (exact) mass is 467 g/mol. The molecule has 2 aromatic heterocycles. The maximum Gasteiger partial charge on any atom is 0.201 e. The van der Waals surface area contributed by atoms with Crippen molar-refractivity contribution in [2.75, 3.05) is 10.5 Å². The van der Waals surface area contributed by atoms with E-state index < -0.39 is 34.0 Å². The van der Waals surface area contributed by atoms with Crippen LogP contribution in [0.1, 0.15) is 41.8 Å². The van der Waals surface area contributed by atoms with Crippen LogP contribution in [0.2, 0.25) is 0 Å². The van der Waals surface area contributed by atoms with Gasteiger partial charge in [-0.3, -0.25) is 4.79 Å². The van der Waals surface area contributed by atoms with E-state index in [1.807, 2.05) is 31.2 Å². The predicted molar refractivity (Wildman–Crippen MR) is 128 cm³/mol. The summed E-state index contributed by atoms with van der Waals surface area (Å²) < 4.78 is 44.2. The molecule has 2 aromatic carbocycles. The lowest BCUT2D eigenvalue weighted by Crippen LogP contribution is -2.13. The Balaban J connectivity index is 1.74. The number of aryl methyl sites for hydroxylation is 1. The largest absolute Gasteiger partial charge is 0.345 e. The van der Waals surface area contributed by atoms with E-state index in [-0.39, 0.29) is 11.3 Å². The highest BCUT2D eigenvalue weighted by molar-refractivity contribution is 7.86. The summed E-state index contributed by atoms with van der Waals surface area (Å²) in [6, 6.07) is 11.9. The number of hydrogen-bond acceptors (Lipinski definition) is 3. The number of aromatic amines is 1. The number of carbonyl (C=O) groups excluding carboxylic acids is 1. The first-order valence-corrected chi connectivity index (χ1v) is 12.0. The molecule has 1 atom stereocenters. The van der Waals surface area contributed by atoms with Crippen LogP contribution in [0.4, 0.5) is 14.5 Å². The van der Waals surface area contributed by atoms with Crippen LogP contribution in [0.15, 0.2) is 54.9 Å². The number of benzene rings is 2. The van der Waals surface area contributed by atoms with Crippen molar-refractivity contribution in [3.8, 4) is 11.1 Å². The Morgan fingerprint density at radius 3 is 2.55 bits per heavy atom. The molecule has 33 heavy (non-hydrogen) atoms. The van der Waals surface area contributed by atoms with Gasteiger partial charge >= 0.3 is 0 Å². The van der Waals surface area contributed by atoms with Crippen molar-refractivity contribution in [1.29, 1.82) is 0 Å². The Morgan fingerprint density at radius 1 is 1.09 bits per heavy atom. The molecular formula is C25H23F2N3O2S. The SMILES string of the molecule is CCCS(=O)Nc1ccc(F)c(C(=O)c2c[nH]c3ncc(-c4ccc(CC)cc4)cc23)c1F. The smallest absolute Gasteiger partial charge is 0.201 e. The van der Waals surface area contributed by atoms with Gasteiger partial charge in [0, 0.05) is 34.7 Å². The first kappa shape index (κ1) is 22.8. The van der Waals surface area contributed by atoms with E-state index in [4.69, 9.17) is 0 Å². The lowest BCUT2D eigenvalue weighted by molar-refractivity contribution is 0.103. The van der Waals surface area contributed by atoms with Gasteiger partial charge in [0.25, 0.3) is 0 Å². The minimum Gasteiger partial charge on any atom is -0.345 e. The van der Waals surface area contributed by atoms with E-state index >= 15 is 4.39 Å². The summed E-state index contributed by atoms with van der Waals surface area (Å²) in [5.41, 5.74) is 2.56. The van der Waals surface area contributed by atoms with Gasteiger partial charge in [0.15, 0.2) is 5.82 Å². The van der Waals surface area contributed by atoms with Gasteiger partial charge in [-0.15, -0.1) is 0 Å². The Bertz CT molecular complexity index is 1350. The average Bonchev–Trinajstić information content (AvgIpc) is 3.24. The van der Waals surface area contributed by atoms with Crippen LogP contribution in [0, 0.1) is 11.6 Å². The number of anilines is 1. The first-order chi connectivity index (χ1) is 15.9. The van der Waals surface area contributed by atoms with Crippen LogP contribution in [-0.4, -0.2) is 25.7 Å². The Labute approximate surface area is 192 Å². The number of nitrogens with one attached hydrogen (secondary N) is 2. The third-order valence-corrected chi connectivity index (χ3v) is 6.63. The van der Waals surface area contributed by atoms with Crippen molar-refractivity contribution in [2.24, 2.45) is 0 Å². The average molecular weight is 468 g/mol. The summed E-state index contributed by atoms with van der Waals surface area (Å²) in [5.74, 6) is -2.58. The molecular weight excluding hydrogens is 444 g/mol. The van der Waals surface area contributed by atoms with Gasteiger partial charge in [0.2, 0.25) is 5.78 Å². The normalized spacial score (nSPS) is 12.1. The van der Waals surface area contributed by atoms with Crippen LogP contribution < -0.4 is 4.72 Å². The molecule has 0 aliphatic carbocycles. The quantitative estimate of drug-likeness (QED) is 0.322. The fourth-order valence-electron chi connectivity index (χ4n) is 3.62. The van der Waals surface area contributed by atoms with Gasteiger partial charge in [-0.25, -0.2) is 18.0 Å². The van der Waals surface area contributed by atoms with Crippen molar-refractivity contribution < 1.29 is 17.8 Å². The molecule has 0 fully saturated rings. The maximum absolute atomic E-state index is 15.1. The van der Waals surface area contributed by atoms with E-state index in [0.29, 0.717) is 23.2 Å². The standard InChI is InChI=1S/C25H23F2N3O2S/c1-3-11-33(32)30-21-10-9-20(26)22(23(21)27)24(31)19-14-29-25-18(19)12-17(13-28-25)16-7-5-15(4-2)6-8-16/h5-10,12-14,30H,3-4,11H2,1-2H3,(H,28,29). The second-order valence-corrected chi connectivity index (χ2v) is 8.94. The summed E-state index contributed by atoms with van der Waals surface area (Å²) >= 11 is 0. The zero-order valence-corrected chi connectivity index (χ0v) is 19.1. The van der Waals surface area contributed by atoms with Crippen LogP contribution in [0.25, 0.3) is 22.2 Å². The lowest BCUT2D eigenvalue weighted by Gasteiger charge is -2.10. The number of rotatable bonds is 8. The van der Waals surface area contributed by atoms with E-state index in [1.54, 1.807) is 12.3 Å². The van der Waals surface area contributed by atoms with Gasteiger partial charge in [-0.05, 0) is 42.2 Å². The number of pyridine rings is 1. The molecule has 0 aliphatic rings. The number of hydrogen-bond donors (Lipinski definition) is 2. The molecule has 4 rings (SSSR count). The highest BCUT2D eigenvalue weighted by Gasteiger charge is 2.25. The topological polar surface area (TPSA) is 74.8 Å². The number of H-pyrrole nitrogens is 1. The van der Waals surface area contributed by atoms with E-state index in [0.717, 1.165) is 29.7 Å². The number of ketones is 1. The Hall–Kier alpha value is -3.39. The number of aromatic nitrogens is 2. The molecule has 0 saturated carbocycles.